The fraction of sp³-hybridized carbons (Fsp3) is 0.550. The first kappa shape index (κ1) is 18.9. The third kappa shape index (κ3) is 4.44. The number of esters is 1. The molecule has 1 unspecified atom stereocenters. The fourth-order valence-electron chi connectivity index (χ4n) is 3.36. The van der Waals surface area contributed by atoms with Gasteiger partial charge < -0.3 is 23.7 Å². The van der Waals surface area contributed by atoms with E-state index in [4.69, 9.17) is 18.6 Å². The van der Waals surface area contributed by atoms with Gasteiger partial charge in [0.25, 0.3) is 0 Å². The minimum Gasteiger partial charge on any atom is -0.469 e. The van der Waals surface area contributed by atoms with Crippen LogP contribution in [0, 0.1) is 0 Å². The van der Waals surface area contributed by atoms with Crippen LogP contribution < -0.4 is 0 Å². The number of para-hydroxylation sites is 1. The number of carbonyl (C=O) groups excluding carboxylic acids is 1. The highest BCUT2D eigenvalue weighted by molar-refractivity contribution is 5.88. The summed E-state index contributed by atoms with van der Waals surface area (Å²) in [4.78, 5) is 11.7. The van der Waals surface area contributed by atoms with Crippen LogP contribution in [0.3, 0.4) is 0 Å². The highest BCUT2D eigenvalue weighted by atomic mass is 16.7. The number of carbonyl (C=O) groups is 1. The maximum Gasteiger partial charge on any atom is 0.310 e. The van der Waals surface area contributed by atoms with Gasteiger partial charge in [0.1, 0.15) is 11.3 Å². The van der Waals surface area contributed by atoms with E-state index in [0.717, 1.165) is 48.1 Å². The Bertz CT molecular complexity index is 729. The normalized spacial score (nSPS) is 17.5. The fourth-order valence-corrected chi connectivity index (χ4v) is 3.36. The average Bonchev–Trinajstić information content (AvgIpc) is 3.01. The predicted octanol–water partition coefficient (Wildman–Crippen LogP) is 2.77. The minimum absolute atomic E-state index is 0.00570. The van der Waals surface area contributed by atoms with Crippen LogP contribution >= 0.6 is 0 Å². The van der Waals surface area contributed by atoms with Gasteiger partial charge in [0, 0.05) is 29.5 Å². The van der Waals surface area contributed by atoms with E-state index in [9.17, 15) is 9.90 Å². The molecule has 0 bridgehead atoms. The molecule has 26 heavy (non-hydrogen) atoms. The zero-order valence-electron chi connectivity index (χ0n) is 15.2. The maximum absolute atomic E-state index is 11.7. The number of furan rings is 1. The van der Waals surface area contributed by atoms with Gasteiger partial charge >= 0.3 is 5.97 Å². The van der Waals surface area contributed by atoms with Crippen molar-refractivity contribution in [3.8, 4) is 0 Å². The van der Waals surface area contributed by atoms with E-state index in [1.54, 1.807) is 0 Å². The molecule has 0 radical (unpaired) electrons. The van der Waals surface area contributed by atoms with Crippen LogP contribution in [0.2, 0.25) is 0 Å². The second kappa shape index (κ2) is 9.16. The van der Waals surface area contributed by atoms with Gasteiger partial charge in [-0.15, -0.1) is 0 Å². The Morgan fingerprint density at radius 2 is 2.19 bits per heavy atom. The molecule has 2 heterocycles. The van der Waals surface area contributed by atoms with Crippen molar-refractivity contribution in [2.75, 3.05) is 26.9 Å². The van der Waals surface area contributed by atoms with E-state index in [1.165, 1.54) is 7.11 Å². The highest BCUT2D eigenvalue weighted by Crippen LogP contribution is 2.30. The van der Waals surface area contributed by atoms with Crippen molar-refractivity contribution in [2.24, 2.45) is 0 Å². The van der Waals surface area contributed by atoms with Crippen LogP contribution in [0.1, 0.15) is 36.1 Å². The number of hydrogen-bond donors (Lipinski definition) is 1. The van der Waals surface area contributed by atoms with Crippen LogP contribution in [-0.2, 0) is 38.3 Å². The molecule has 6 heteroatoms. The molecule has 0 aliphatic carbocycles. The van der Waals surface area contributed by atoms with Crippen LogP contribution in [0.25, 0.3) is 11.0 Å². The molecule has 0 saturated carbocycles. The molecule has 1 fully saturated rings. The molecule has 0 amide bonds. The molecular formula is C20H26O6. The molecule has 1 saturated heterocycles. The van der Waals surface area contributed by atoms with Crippen molar-refractivity contribution < 1.29 is 28.5 Å². The third-order valence-corrected chi connectivity index (χ3v) is 4.68. The van der Waals surface area contributed by atoms with Gasteiger partial charge in [-0.2, -0.15) is 0 Å². The second-order valence-electron chi connectivity index (χ2n) is 6.44. The molecule has 1 N–H and O–H groups in total. The van der Waals surface area contributed by atoms with E-state index in [2.05, 4.69) is 0 Å². The van der Waals surface area contributed by atoms with E-state index in [1.807, 2.05) is 18.2 Å². The van der Waals surface area contributed by atoms with Gasteiger partial charge in [0.2, 0.25) is 0 Å². The van der Waals surface area contributed by atoms with Gasteiger partial charge in [-0.1, -0.05) is 18.2 Å². The SMILES string of the molecule is COC(=O)Cc1cccc2c(CCOC3CCCCO3)c(CCO)oc12. The average molecular weight is 362 g/mol. The number of aliphatic hydroxyl groups is 1. The van der Waals surface area contributed by atoms with Crippen molar-refractivity contribution in [3.05, 3.63) is 35.1 Å². The molecular weight excluding hydrogens is 336 g/mol. The number of benzene rings is 1. The predicted molar refractivity (Wildman–Crippen MR) is 96.0 cm³/mol. The first-order valence-corrected chi connectivity index (χ1v) is 9.16. The molecule has 6 nitrogen and oxygen atoms in total. The lowest BCUT2D eigenvalue weighted by Gasteiger charge is -2.22. The largest absolute Gasteiger partial charge is 0.469 e. The first-order valence-electron chi connectivity index (χ1n) is 9.16. The Morgan fingerprint density at radius 1 is 1.31 bits per heavy atom. The highest BCUT2D eigenvalue weighted by Gasteiger charge is 2.19. The van der Waals surface area contributed by atoms with E-state index in [-0.39, 0.29) is 25.3 Å². The minimum atomic E-state index is -0.308. The summed E-state index contributed by atoms with van der Waals surface area (Å²) in [6.45, 7) is 1.29. The van der Waals surface area contributed by atoms with Crippen LogP contribution in [0.5, 0.6) is 0 Å². The molecule has 3 rings (SSSR count). The van der Waals surface area contributed by atoms with E-state index < -0.39 is 0 Å². The Labute approximate surface area is 153 Å². The standard InChI is InChI=1S/C20H26O6/c1-23-18(22)13-14-5-4-6-16-15(17(8-10-21)26-20(14)16)9-12-25-19-7-2-3-11-24-19/h4-6,19,21H,2-3,7-13H2,1H3. The van der Waals surface area contributed by atoms with E-state index in [0.29, 0.717) is 25.0 Å². The lowest BCUT2D eigenvalue weighted by Crippen LogP contribution is -2.23. The molecule has 1 aromatic carbocycles. The Morgan fingerprint density at radius 3 is 2.92 bits per heavy atom. The van der Waals surface area contributed by atoms with Crippen molar-refractivity contribution in [1.82, 2.24) is 0 Å². The van der Waals surface area contributed by atoms with Crippen molar-refractivity contribution >= 4 is 16.9 Å². The summed E-state index contributed by atoms with van der Waals surface area (Å²) in [5.41, 5.74) is 2.50. The smallest absolute Gasteiger partial charge is 0.310 e. The van der Waals surface area contributed by atoms with Crippen molar-refractivity contribution in [2.45, 2.75) is 44.8 Å². The van der Waals surface area contributed by atoms with Gasteiger partial charge in [0.15, 0.2) is 6.29 Å². The van der Waals surface area contributed by atoms with Gasteiger partial charge in [-0.05, 0) is 25.7 Å². The Kier molecular flexibility index (Phi) is 6.66. The number of hydrogen-bond acceptors (Lipinski definition) is 6. The number of rotatable bonds is 8. The molecule has 2 aromatic rings. The summed E-state index contributed by atoms with van der Waals surface area (Å²) in [5.74, 6) is 0.435. The summed E-state index contributed by atoms with van der Waals surface area (Å²) in [5, 5.41) is 10.3. The zero-order valence-corrected chi connectivity index (χ0v) is 15.2. The second-order valence-corrected chi connectivity index (χ2v) is 6.44. The number of methoxy groups -OCH3 is 1. The summed E-state index contributed by atoms with van der Waals surface area (Å²) in [6.07, 6.45) is 4.29. The Balaban J connectivity index is 1.79. The molecule has 1 aliphatic rings. The molecule has 1 aromatic heterocycles. The quantitative estimate of drug-likeness (QED) is 0.728. The van der Waals surface area contributed by atoms with E-state index >= 15 is 0 Å². The topological polar surface area (TPSA) is 78.1 Å². The molecule has 142 valence electrons. The summed E-state index contributed by atoms with van der Waals surface area (Å²) < 4.78 is 22.2. The van der Waals surface area contributed by atoms with Crippen molar-refractivity contribution in [3.63, 3.8) is 0 Å². The van der Waals surface area contributed by atoms with Crippen LogP contribution in [-0.4, -0.2) is 44.3 Å². The summed E-state index contributed by atoms with van der Waals surface area (Å²) in [6, 6.07) is 5.75. The lowest BCUT2D eigenvalue weighted by atomic mass is 10.0. The molecule has 1 aliphatic heterocycles. The monoisotopic (exact) mass is 362 g/mol. The summed E-state index contributed by atoms with van der Waals surface area (Å²) >= 11 is 0. The first-order chi connectivity index (χ1) is 12.7. The third-order valence-electron chi connectivity index (χ3n) is 4.68. The number of aliphatic hydroxyl groups excluding tert-OH is 1. The zero-order chi connectivity index (χ0) is 18.4. The van der Waals surface area contributed by atoms with Gasteiger partial charge in [-0.3, -0.25) is 4.79 Å². The maximum atomic E-state index is 11.7. The van der Waals surface area contributed by atoms with Gasteiger partial charge in [-0.25, -0.2) is 0 Å². The molecule has 1 atom stereocenters. The number of ether oxygens (including phenoxy) is 3. The van der Waals surface area contributed by atoms with Crippen molar-refractivity contribution in [1.29, 1.82) is 0 Å². The van der Waals surface area contributed by atoms with Gasteiger partial charge in [0.05, 0.1) is 26.7 Å². The Hall–Kier alpha value is -1.89. The lowest BCUT2D eigenvalue weighted by molar-refractivity contribution is -0.161. The van der Waals surface area contributed by atoms with Crippen LogP contribution in [0.4, 0.5) is 0 Å². The molecule has 0 spiro atoms. The summed E-state index contributed by atoms with van der Waals surface area (Å²) in [7, 11) is 1.37. The number of fused-ring (bicyclic) bond motifs is 1. The van der Waals surface area contributed by atoms with Crippen LogP contribution in [0.15, 0.2) is 22.6 Å².